The van der Waals surface area contributed by atoms with Gasteiger partial charge in [0.15, 0.2) is 6.79 Å². The van der Waals surface area contributed by atoms with Crippen molar-refractivity contribution >= 4 is 11.7 Å². The van der Waals surface area contributed by atoms with Crippen molar-refractivity contribution in [2.24, 2.45) is 0 Å². The summed E-state index contributed by atoms with van der Waals surface area (Å²) in [5.41, 5.74) is 6.75. The van der Waals surface area contributed by atoms with E-state index in [9.17, 15) is 4.79 Å². The number of aromatic nitrogens is 1. The molecule has 5 nitrogen and oxygen atoms in total. The van der Waals surface area contributed by atoms with Crippen molar-refractivity contribution in [3.05, 3.63) is 18.0 Å². The lowest BCUT2D eigenvalue weighted by Crippen LogP contribution is -2.12. The van der Waals surface area contributed by atoms with Crippen molar-refractivity contribution in [2.45, 2.75) is 18.9 Å². The van der Waals surface area contributed by atoms with Crippen molar-refractivity contribution in [2.75, 3.05) is 19.6 Å². The van der Waals surface area contributed by atoms with E-state index in [-0.39, 0.29) is 12.8 Å². The molecule has 1 aliphatic carbocycles. The fourth-order valence-electron chi connectivity index (χ4n) is 1.51. The van der Waals surface area contributed by atoms with Gasteiger partial charge in [-0.3, -0.25) is 0 Å². The molecule has 2 rings (SSSR count). The lowest BCUT2D eigenvalue weighted by Gasteiger charge is -2.06. The second kappa shape index (κ2) is 3.94. The number of rotatable bonds is 4. The highest BCUT2D eigenvalue weighted by molar-refractivity contribution is 5.89. The molecule has 1 aromatic heterocycles. The molecular weight excluding hydrogens is 196 g/mol. The summed E-state index contributed by atoms with van der Waals surface area (Å²) in [7, 11) is 1.47. The summed E-state index contributed by atoms with van der Waals surface area (Å²) in [5.74, 6) is -0.388. The Hall–Kier alpha value is -1.49. The Kier molecular flexibility index (Phi) is 2.64. The molecule has 0 radical (unpaired) electrons. The number of carbonyl (C=O) groups is 1. The van der Waals surface area contributed by atoms with E-state index in [0.29, 0.717) is 17.4 Å². The summed E-state index contributed by atoms with van der Waals surface area (Å²) in [5, 5.41) is 0. The van der Waals surface area contributed by atoms with Crippen LogP contribution >= 0.6 is 0 Å². The van der Waals surface area contributed by atoms with Crippen LogP contribution in [0.15, 0.2) is 12.3 Å². The molecule has 0 amide bonds. The largest absolute Gasteiger partial charge is 0.434 e. The zero-order chi connectivity index (χ0) is 10.8. The molecule has 0 unspecified atom stereocenters. The normalized spacial score (nSPS) is 15.3. The molecule has 2 N–H and O–H groups in total. The molecule has 1 aromatic rings. The maximum atomic E-state index is 11.6. The van der Waals surface area contributed by atoms with Gasteiger partial charge in [-0.2, -0.15) is 0 Å². The van der Waals surface area contributed by atoms with Crippen LogP contribution in [-0.2, 0) is 9.47 Å². The fraction of sp³-hybridized carbons (Fsp3) is 0.500. The highest BCUT2D eigenvalue weighted by Crippen LogP contribution is 2.37. The Labute approximate surface area is 87.8 Å². The average Bonchev–Trinajstić information content (AvgIpc) is 2.98. The topological polar surface area (TPSA) is 66.5 Å². The number of methoxy groups -OCH3 is 1. The highest BCUT2D eigenvalue weighted by atomic mass is 16.7. The lowest BCUT2D eigenvalue weighted by atomic mass is 10.4. The molecule has 0 atom stereocenters. The number of nitrogens with two attached hydrogens (primary N) is 1. The minimum absolute atomic E-state index is 0.0332. The van der Waals surface area contributed by atoms with Gasteiger partial charge < -0.3 is 19.8 Å². The van der Waals surface area contributed by atoms with E-state index in [1.165, 1.54) is 7.11 Å². The van der Waals surface area contributed by atoms with Gasteiger partial charge in [-0.25, -0.2) is 4.79 Å². The Balaban J connectivity index is 2.14. The van der Waals surface area contributed by atoms with Crippen LogP contribution in [0.5, 0.6) is 0 Å². The summed E-state index contributed by atoms with van der Waals surface area (Å²) >= 11 is 0. The van der Waals surface area contributed by atoms with Gasteiger partial charge in [0.25, 0.3) is 0 Å². The van der Waals surface area contributed by atoms with Crippen LogP contribution in [0.1, 0.15) is 29.4 Å². The summed E-state index contributed by atoms with van der Waals surface area (Å²) < 4.78 is 11.4. The van der Waals surface area contributed by atoms with Crippen molar-refractivity contribution in [1.29, 1.82) is 0 Å². The fourth-order valence-corrected chi connectivity index (χ4v) is 1.51. The van der Waals surface area contributed by atoms with Gasteiger partial charge in [0.2, 0.25) is 0 Å². The number of anilines is 1. The number of nitrogens with zero attached hydrogens (tertiary/aromatic N) is 1. The molecule has 1 fully saturated rings. The molecule has 0 bridgehead atoms. The molecule has 0 aliphatic heterocycles. The van der Waals surface area contributed by atoms with Crippen LogP contribution in [0.3, 0.4) is 0 Å². The summed E-state index contributed by atoms with van der Waals surface area (Å²) in [4.78, 5) is 11.6. The Morgan fingerprint density at radius 2 is 2.40 bits per heavy atom. The molecular formula is C10H14N2O3. The summed E-state index contributed by atoms with van der Waals surface area (Å²) in [6, 6.07) is 2.04. The van der Waals surface area contributed by atoms with E-state index in [2.05, 4.69) is 4.74 Å². The Morgan fingerprint density at radius 1 is 1.67 bits per heavy atom. The smallest absolute Gasteiger partial charge is 0.357 e. The van der Waals surface area contributed by atoms with Gasteiger partial charge in [0.1, 0.15) is 5.69 Å². The van der Waals surface area contributed by atoms with E-state index in [1.54, 1.807) is 12.3 Å². The zero-order valence-corrected chi connectivity index (χ0v) is 8.60. The third kappa shape index (κ3) is 2.12. The summed E-state index contributed by atoms with van der Waals surface area (Å²) in [6.45, 7) is -0.0332. The number of nitrogen functional groups attached to an aromatic ring is 1. The molecule has 15 heavy (non-hydrogen) atoms. The minimum Gasteiger partial charge on any atom is -0.434 e. The van der Waals surface area contributed by atoms with Gasteiger partial charge in [-0.05, 0) is 18.9 Å². The van der Waals surface area contributed by atoms with E-state index in [1.807, 2.05) is 4.57 Å². The SMILES string of the molecule is COCOC(=O)c1cc(N)cn1C1CC1. The van der Waals surface area contributed by atoms with Crippen molar-refractivity contribution in [1.82, 2.24) is 4.57 Å². The second-order valence-corrected chi connectivity index (χ2v) is 3.64. The van der Waals surface area contributed by atoms with E-state index in [4.69, 9.17) is 10.5 Å². The van der Waals surface area contributed by atoms with Crippen molar-refractivity contribution < 1.29 is 14.3 Å². The van der Waals surface area contributed by atoms with Crippen LogP contribution in [0.4, 0.5) is 5.69 Å². The first-order valence-corrected chi connectivity index (χ1v) is 4.86. The van der Waals surface area contributed by atoms with Crippen LogP contribution in [0.2, 0.25) is 0 Å². The molecule has 0 saturated heterocycles. The third-order valence-electron chi connectivity index (χ3n) is 2.33. The second-order valence-electron chi connectivity index (χ2n) is 3.64. The summed E-state index contributed by atoms with van der Waals surface area (Å²) in [6.07, 6.45) is 3.97. The van der Waals surface area contributed by atoms with Crippen molar-refractivity contribution in [3.8, 4) is 0 Å². The van der Waals surface area contributed by atoms with Crippen LogP contribution in [-0.4, -0.2) is 24.4 Å². The van der Waals surface area contributed by atoms with E-state index in [0.717, 1.165) is 12.8 Å². The predicted molar refractivity (Wildman–Crippen MR) is 54.4 cm³/mol. The highest BCUT2D eigenvalue weighted by Gasteiger charge is 2.28. The van der Waals surface area contributed by atoms with Crippen LogP contribution in [0, 0.1) is 0 Å². The quantitative estimate of drug-likeness (QED) is 0.598. The number of esters is 1. The molecule has 5 heteroatoms. The van der Waals surface area contributed by atoms with Gasteiger partial charge in [0, 0.05) is 19.3 Å². The number of ether oxygens (including phenoxy) is 2. The van der Waals surface area contributed by atoms with Gasteiger partial charge in [-0.1, -0.05) is 0 Å². The molecule has 0 spiro atoms. The maximum absolute atomic E-state index is 11.6. The van der Waals surface area contributed by atoms with Crippen LogP contribution in [0.25, 0.3) is 0 Å². The maximum Gasteiger partial charge on any atom is 0.357 e. The monoisotopic (exact) mass is 210 g/mol. The van der Waals surface area contributed by atoms with Crippen molar-refractivity contribution in [3.63, 3.8) is 0 Å². The zero-order valence-electron chi connectivity index (χ0n) is 8.60. The Morgan fingerprint density at radius 3 is 3.00 bits per heavy atom. The molecule has 1 saturated carbocycles. The van der Waals surface area contributed by atoms with E-state index < -0.39 is 0 Å². The minimum atomic E-state index is -0.388. The first-order valence-electron chi connectivity index (χ1n) is 4.86. The molecule has 82 valence electrons. The number of hydrogen-bond donors (Lipinski definition) is 1. The van der Waals surface area contributed by atoms with E-state index >= 15 is 0 Å². The number of hydrogen-bond acceptors (Lipinski definition) is 4. The van der Waals surface area contributed by atoms with Crippen LogP contribution < -0.4 is 5.73 Å². The van der Waals surface area contributed by atoms with Gasteiger partial charge in [-0.15, -0.1) is 0 Å². The predicted octanol–water partition coefficient (Wildman–Crippen LogP) is 1.17. The van der Waals surface area contributed by atoms with Gasteiger partial charge >= 0.3 is 5.97 Å². The first-order chi connectivity index (χ1) is 7.22. The first kappa shape index (κ1) is 10.0. The molecule has 1 heterocycles. The molecule has 0 aromatic carbocycles. The lowest BCUT2D eigenvalue weighted by molar-refractivity contribution is -0.0133. The number of carbonyl (C=O) groups excluding carboxylic acids is 1. The van der Waals surface area contributed by atoms with Gasteiger partial charge in [0.05, 0.1) is 5.69 Å². The third-order valence-corrected chi connectivity index (χ3v) is 2.33. The Bertz CT molecular complexity index is 369. The molecule has 1 aliphatic rings. The average molecular weight is 210 g/mol. The standard InChI is InChI=1S/C10H14N2O3/c1-14-6-15-10(13)9-4-7(11)5-12(9)8-2-3-8/h4-5,8H,2-3,6,11H2,1H3.